The van der Waals surface area contributed by atoms with Crippen molar-refractivity contribution in [3.63, 3.8) is 0 Å². The number of fused-ring (bicyclic) bond motifs is 2. The summed E-state index contributed by atoms with van der Waals surface area (Å²) in [6, 6.07) is 30.1. The van der Waals surface area contributed by atoms with Gasteiger partial charge in [-0.2, -0.15) is 10.5 Å². The van der Waals surface area contributed by atoms with Crippen LogP contribution in [0.25, 0.3) is 0 Å². The number of hydrogen-bond donors (Lipinski definition) is 0. The number of hydrogen-bond acceptors (Lipinski definition) is 5. The number of allylic oxidation sites excluding steroid dienone is 1. The fourth-order valence-electron chi connectivity index (χ4n) is 5.59. The Balaban J connectivity index is 1.83. The standard InChI is InChI=1S/C29H21N3O3/c1-35-26(33)22-16-28(18-30,19-31)29(25(22)21-12-6-3-7-13-21)23-14-8-9-15-24(23)32(27(29)34)17-20-10-4-2-5-11-20/h2-16,25H,17H2,1H3/t25-,29+/m1/s1. The zero-order valence-corrected chi connectivity index (χ0v) is 19.0. The maximum atomic E-state index is 14.6. The van der Waals surface area contributed by atoms with Crippen LogP contribution in [0.3, 0.4) is 0 Å². The Hall–Kier alpha value is -4.68. The van der Waals surface area contributed by atoms with Gasteiger partial charge in [0, 0.05) is 17.2 Å². The highest BCUT2D eigenvalue weighted by Gasteiger charge is 2.72. The van der Waals surface area contributed by atoms with Gasteiger partial charge in [-0.3, -0.25) is 4.79 Å². The fraction of sp³-hybridized carbons (Fsp3) is 0.172. The summed E-state index contributed by atoms with van der Waals surface area (Å²) in [5, 5.41) is 20.9. The monoisotopic (exact) mass is 459 g/mol. The molecule has 0 saturated heterocycles. The second-order valence-corrected chi connectivity index (χ2v) is 8.67. The van der Waals surface area contributed by atoms with Crippen molar-refractivity contribution in [1.82, 2.24) is 0 Å². The van der Waals surface area contributed by atoms with E-state index in [0.29, 0.717) is 16.8 Å². The van der Waals surface area contributed by atoms with Crippen molar-refractivity contribution >= 4 is 17.6 Å². The molecule has 1 aliphatic carbocycles. The summed E-state index contributed by atoms with van der Waals surface area (Å²) in [6.45, 7) is 0.264. The topological polar surface area (TPSA) is 94.2 Å². The predicted molar refractivity (Wildman–Crippen MR) is 129 cm³/mol. The number of carbonyl (C=O) groups excluding carboxylic acids is 2. The number of amides is 1. The molecular weight excluding hydrogens is 438 g/mol. The molecular formula is C29H21N3O3. The van der Waals surface area contributed by atoms with Crippen molar-refractivity contribution in [2.24, 2.45) is 5.41 Å². The van der Waals surface area contributed by atoms with Gasteiger partial charge in [0.05, 0.1) is 25.8 Å². The molecule has 0 radical (unpaired) electrons. The van der Waals surface area contributed by atoms with Gasteiger partial charge in [-0.1, -0.05) is 78.9 Å². The molecule has 0 aromatic heterocycles. The van der Waals surface area contributed by atoms with Gasteiger partial charge in [-0.05, 0) is 28.8 Å². The molecule has 1 heterocycles. The zero-order valence-electron chi connectivity index (χ0n) is 19.0. The molecule has 170 valence electrons. The van der Waals surface area contributed by atoms with Gasteiger partial charge in [0.1, 0.15) is 5.41 Å². The number of nitrogens with zero attached hydrogens (tertiary/aromatic N) is 3. The molecule has 1 spiro atoms. The molecule has 35 heavy (non-hydrogen) atoms. The van der Waals surface area contributed by atoms with Gasteiger partial charge in [-0.15, -0.1) is 0 Å². The first-order valence-corrected chi connectivity index (χ1v) is 11.2. The maximum Gasteiger partial charge on any atom is 0.334 e. The first-order valence-electron chi connectivity index (χ1n) is 11.2. The summed E-state index contributed by atoms with van der Waals surface area (Å²) in [7, 11) is 1.25. The number of methoxy groups -OCH3 is 1. The Labute approximate surface area is 203 Å². The number of anilines is 1. The van der Waals surface area contributed by atoms with E-state index < -0.39 is 28.6 Å². The van der Waals surface area contributed by atoms with Gasteiger partial charge >= 0.3 is 5.97 Å². The largest absolute Gasteiger partial charge is 0.466 e. The zero-order chi connectivity index (χ0) is 24.6. The van der Waals surface area contributed by atoms with Crippen LogP contribution in [0.4, 0.5) is 5.69 Å². The molecule has 6 heteroatoms. The first kappa shape index (κ1) is 22.1. The molecule has 0 fully saturated rings. The molecule has 2 aliphatic rings. The smallest absolute Gasteiger partial charge is 0.334 e. The highest BCUT2D eigenvalue weighted by molar-refractivity contribution is 6.13. The van der Waals surface area contributed by atoms with Crippen LogP contribution in [0, 0.1) is 28.1 Å². The van der Waals surface area contributed by atoms with Crippen molar-refractivity contribution in [3.05, 3.63) is 113 Å². The molecule has 3 aromatic carbocycles. The van der Waals surface area contributed by atoms with Crippen LogP contribution < -0.4 is 4.90 Å². The lowest BCUT2D eigenvalue weighted by Crippen LogP contribution is -2.52. The van der Waals surface area contributed by atoms with Gasteiger partial charge in [0.25, 0.3) is 0 Å². The van der Waals surface area contributed by atoms with E-state index in [0.717, 1.165) is 5.56 Å². The summed E-state index contributed by atoms with van der Waals surface area (Å²) in [5.41, 5.74) is -0.720. The summed E-state index contributed by atoms with van der Waals surface area (Å²) in [5.74, 6) is -1.95. The van der Waals surface area contributed by atoms with E-state index in [2.05, 4.69) is 12.1 Å². The van der Waals surface area contributed by atoms with Crippen molar-refractivity contribution in [3.8, 4) is 12.1 Å². The highest BCUT2D eigenvalue weighted by atomic mass is 16.5. The van der Waals surface area contributed by atoms with Gasteiger partial charge in [0.15, 0.2) is 5.41 Å². The SMILES string of the molecule is COC(=O)C1=CC(C#N)(C#N)[C@]2(C(=O)N(Cc3ccccc3)c3ccccc32)[C@@H]1c1ccccc1. The highest BCUT2D eigenvalue weighted by Crippen LogP contribution is 2.65. The Morgan fingerprint density at radius 1 is 0.943 bits per heavy atom. The average Bonchev–Trinajstić information content (AvgIpc) is 3.36. The molecule has 3 aromatic rings. The van der Waals surface area contributed by atoms with E-state index in [-0.39, 0.29) is 12.1 Å². The van der Waals surface area contributed by atoms with Crippen LogP contribution in [-0.4, -0.2) is 19.0 Å². The first-order chi connectivity index (χ1) is 17.0. The number of para-hydroxylation sites is 1. The Morgan fingerprint density at radius 3 is 2.17 bits per heavy atom. The third-order valence-corrected chi connectivity index (χ3v) is 7.03. The minimum absolute atomic E-state index is 0.131. The van der Waals surface area contributed by atoms with E-state index >= 15 is 0 Å². The molecule has 0 bridgehead atoms. The lowest BCUT2D eigenvalue weighted by Gasteiger charge is -2.38. The number of nitriles is 2. The normalized spacial score (nSPS) is 21.7. The van der Waals surface area contributed by atoms with E-state index in [1.807, 2.05) is 72.8 Å². The van der Waals surface area contributed by atoms with Gasteiger partial charge < -0.3 is 9.64 Å². The number of esters is 1. The minimum atomic E-state index is -1.92. The number of ether oxygens (including phenoxy) is 1. The number of benzene rings is 3. The van der Waals surface area contributed by atoms with Crippen LogP contribution in [0.2, 0.25) is 0 Å². The van der Waals surface area contributed by atoms with E-state index in [4.69, 9.17) is 4.74 Å². The third kappa shape index (κ3) is 2.94. The van der Waals surface area contributed by atoms with Crippen LogP contribution in [0.15, 0.2) is 96.6 Å². The second-order valence-electron chi connectivity index (χ2n) is 8.67. The molecule has 1 amide bonds. The van der Waals surface area contributed by atoms with Gasteiger partial charge in [0.2, 0.25) is 5.91 Å². The maximum absolute atomic E-state index is 14.6. The van der Waals surface area contributed by atoms with Crippen molar-refractivity contribution < 1.29 is 14.3 Å². The molecule has 6 nitrogen and oxygen atoms in total. The summed E-state index contributed by atoms with van der Waals surface area (Å²) >= 11 is 0. The summed E-state index contributed by atoms with van der Waals surface area (Å²) < 4.78 is 5.07. The average molecular weight is 460 g/mol. The van der Waals surface area contributed by atoms with Crippen molar-refractivity contribution in [1.29, 1.82) is 10.5 Å². The van der Waals surface area contributed by atoms with Crippen molar-refractivity contribution in [2.45, 2.75) is 17.9 Å². The van der Waals surface area contributed by atoms with Crippen LogP contribution in [0.5, 0.6) is 0 Å². The van der Waals surface area contributed by atoms with Crippen LogP contribution >= 0.6 is 0 Å². The predicted octanol–water partition coefficient (Wildman–Crippen LogP) is 4.40. The quantitative estimate of drug-likeness (QED) is 0.539. The Kier molecular flexibility index (Phi) is 5.23. The lowest BCUT2D eigenvalue weighted by atomic mass is 9.57. The minimum Gasteiger partial charge on any atom is -0.466 e. The second kappa shape index (κ2) is 8.27. The Morgan fingerprint density at radius 2 is 1.54 bits per heavy atom. The fourth-order valence-corrected chi connectivity index (χ4v) is 5.59. The molecule has 5 rings (SSSR count). The molecule has 0 unspecified atom stereocenters. The number of carbonyl (C=O) groups is 2. The summed E-state index contributed by atoms with van der Waals surface area (Å²) in [4.78, 5) is 29.2. The number of rotatable bonds is 4. The molecule has 0 saturated carbocycles. The van der Waals surface area contributed by atoms with E-state index in [1.54, 1.807) is 17.0 Å². The van der Waals surface area contributed by atoms with E-state index in [1.165, 1.54) is 13.2 Å². The molecule has 2 atom stereocenters. The molecule has 1 aliphatic heterocycles. The van der Waals surface area contributed by atoms with Gasteiger partial charge in [-0.25, -0.2) is 4.79 Å². The van der Waals surface area contributed by atoms with Crippen LogP contribution in [0.1, 0.15) is 22.6 Å². The third-order valence-electron chi connectivity index (χ3n) is 7.03. The molecule has 0 N–H and O–H groups in total. The van der Waals surface area contributed by atoms with E-state index in [9.17, 15) is 20.1 Å². The van der Waals surface area contributed by atoms with Crippen molar-refractivity contribution in [2.75, 3.05) is 12.0 Å². The summed E-state index contributed by atoms with van der Waals surface area (Å²) in [6.07, 6.45) is 1.34. The lowest BCUT2D eigenvalue weighted by molar-refractivity contribution is -0.136. The Bertz CT molecular complexity index is 1420. The van der Waals surface area contributed by atoms with Crippen LogP contribution in [-0.2, 0) is 26.3 Å².